The summed E-state index contributed by atoms with van der Waals surface area (Å²) >= 11 is 7.84. The number of hydrogen-bond donors (Lipinski definition) is 2. The second-order valence-electron chi connectivity index (χ2n) is 4.22. The van der Waals surface area contributed by atoms with Gasteiger partial charge < -0.3 is 10.4 Å². The normalized spacial score (nSPS) is 14.6. The van der Waals surface area contributed by atoms with E-state index in [0.29, 0.717) is 0 Å². The highest BCUT2D eigenvalue weighted by Crippen LogP contribution is 2.18. The zero-order valence-corrected chi connectivity index (χ0v) is 12.1. The molecule has 0 aliphatic rings. The van der Waals surface area contributed by atoms with E-state index in [4.69, 9.17) is 11.6 Å². The van der Waals surface area contributed by atoms with Gasteiger partial charge in [0.1, 0.15) is 0 Å². The average Bonchev–Trinajstić information content (AvgIpc) is 2.29. The van der Waals surface area contributed by atoms with Crippen LogP contribution in [-0.4, -0.2) is 29.3 Å². The van der Waals surface area contributed by atoms with Crippen LogP contribution in [-0.2, 0) is 6.54 Å². The number of aliphatic hydroxyl groups is 1. The minimum atomic E-state index is 0.191. The predicted molar refractivity (Wildman–Crippen MR) is 76.9 cm³/mol. The van der Waals surface area contributed by atoms with Crippen LogP contribution in [0.4, 0.5) is 0 Å². The lowest BCUT2D eigenvalue weighted by atomic mass is 10.1. The Kier molecular flexibility index (Phi) is 6.34. The van der Waals surface area contributed by atoms with Gasteiger partial charge >= 0.3 is 0 Å². The summed E-state index contributed by atoms with van der Waals surface area (Å²) in [5.74, 6) is 0. The zero-order chi connectivity index (χ0) is 12.8. The molecule has 0 spiro atoms. The van der Waals surface area contributed by atoms with Crippen molar-refractivity contribution < 1.29 is 5.11 Å². The number of thioether (sulfide) groups is 1. The Morgan fingerprint density at radius 2 is 2.18 bits per heavy atom. The van der Waals surface area contributed by atoms with Gasteiger partial charge in [0.2, 0.25) is 0 Å². The van der Waals surface area contributed by atoms with Crippen molar-refractivity contribution in [2.45, 2.75) is 31.7 Å². The maximum absolute atomic E-state index is 9.20. The summed E-state index contributed by atoms with van der Waals surface area (Å²) in [6.07, 6.45) is 2.01. The number of halogens is 1. The van der Waals surface area contributed by atoms with Crippen LogP contribution in [0.15, 0.2) is 18.2 Å². The van der Waals surface area contributed by atoms with Gasteiger partial charge in [-0.1, -0.05) is 23.7 Å². The molecule has 0 heterocycles. The molecule has 96 valence electrons. The van der Waals surface area contributed by atoms with Crippen molar-refractivity contribution in [1.29, 1.82) is 0 Å². The SMILES string of the molecule is CSC(CO)C(C)NCc1ccc(C)cc1Cl. The molecule has 0 aliphatic carbocycles. The number of aryl methyl sites for hydroxylation is 1. The third-order valence-corrected chi connectivity index (χ3v) is 4.38. The lowest BCUT2D eigenvalue weighted by Gasteiger charge is -2.21. The number of nitrogens with one attached hydrogen (secondary N) is 1. The van der Waals surface area contributed by atoms with Gasteiger partial charge in [0.15, 0.2) is 0 Å². The molecule has 1 aromatic rings. The summed E-state index contributed by atoms with van der Waals surface area (Å²) in [5.41, 5.74) is 2.27. The summed E-state index contributed by atoms with van der Waals surface area (Å²) in [5, 5.41) is 13.6. The van der Waals surface area contributed by atoms with E-state index >= 15 is 0 Å². The highest BCUT2D eigenvalue weighted by Gasteiger charge is 2.14. The summed E-state index contributed by atoms with van der Waals surface area (Å²) < 4.78 is 0. The van der Waals surface area contributed by atoms with Crippen LogP contribution in [0.3, 0.4) is 0 Å². The van der Waals surface area contributed by atoms with Crippen molar-refractivity contribution in [2.75, 3.05) is 12.9 Å². The van der Waals surface area contributed by atoms with Gasteiger partial charge in [0.25, 0.3) is 0 Å². The fourth-order valence-electron chi connectivity index (χ4n) is 1.63. The molecule has 2 atom stereocenters. The quantitative estimate of drug-likeness (QED) is 0.836. The van der Waals surface area contributed by atoms with Gasteiger partial charge in [0, 0.05) is 22.9 Å². The van der Waals surface area contributed by atoms with E-state index in [1.807, 2.05) is 25.3 Å². The van der Waals surface area contributed by atoms with Gasteiger partial charge in [-0.3, -0.25) is 0 Å². The lowest BCUT2D eigenvalue weighted by Crippen LogP contribution is -2.37. The molecule has 0 saturated heterocycles. The first-order valence-electron chi connectivity index (χ1n) is 5.70. The monoisotopic (exact) mass is 273 g/mol. The fourth-order valence-corrected chi connectivity index (χ4v) is 2.59. The molecular weight excluding hydrogens is 254 g/mol. The molecule has 0 radical (unpaired) electrons. The minimum Gasteiger partial charge on any atom is -0.395 e. The Balaban J connectivity index is 2.55. The summed E-state index contributed by atoms with van der Waals surface area (Å²) in [6.45, 7) is 5.04. The summed E-state index contributed by atoms with van der Waals surface area (Å²) in [7, 11) is 0. The van der Waals surface area contributed by atoms with Gasteiger partial charge in [-0.15, -0.1) is 0 Å². The van der Waals surface area contributed by atoms with Gasteiger partial charge in [-0.25, -0.2) is 0 Å². The van der Waals surface area contributed by atoms with E-state index in [2.05, 4.69) is 18.3 Å². The van der Waals surface area contributed by atoms with Crippen LogP contribution in [0, 0.1) is 6.92 Å². The zero-order valence-electron chi connectivity index (χ0n) is 10.5. The van der Waals surface area contributed by atoms with Crippen molar-refractivity contribution in [3.63, 3.8) is 0 Å². The maximum atomic E-state index is 9.20. The second kappa shape index (κ2) is 7.27. The van der Waals surface area contributed by atoms with Gasteiger partial charge in [-0.05, 0) is 37.3 Å². The molecule has 0 aromatic heterocycles. The summed E-state index contributed by atoms with van der Waals surface area (Å²) in [6, 6.07) is 6.34. The van der Waals surface area contributed by atoms with E-state index in [1.54, 1.807) is 11.8 Å². The number of rotatable bonds is 6. The molecule has 1 rings (SSSR count). The Bertz CT molecular complexity index is 355. The van der Waals surface area contributed by atoms with Crippen LogP contribution in [0.5, 0.6) is 0 Å². The van der Waals surface area contributed by atoms with E-state index in [-0.39, 0.29) is 17.9 Å². The smallest absolute Gasteiger partial charge is 0.0564 e. The van der Waals surface area contributed by atoms with Crippen LogP contribution in [0.1, 0.15) is 18.1 Å². The molecule has 2 unspecified atom stereocenters. The molecule has 0 amide bonds. The van der Waals surface area contributed by atoms with Gasteiger partial charge in [-0.2, -0.15) is 11.8 Å². The van der Waals surface area contributed by atoms with Crippen molar-refractivity contribution in [2.24, 2.45) is 0 Å². The van der Waals surface area contributed by atoms with E-state index in [1.165, 1.54) is 5.56 Å². The second-order valence-corrected chi connectivity index (χ2v) is 5.71. The molecule has 2 N–H and O–H groups in total. The minimum absolute atomic E-state index is 0.191. The summed E-state index contributed by atoms with van der Waals surface area (Å²) in [4.78, 5) is 0. The predicted octanol–water partition coefficient (Wildman–Crippen LogP) is 2.85. The number of aliphatic hydroxyl groups excluding tert-OH is 1. The third kappa shape index (κ3) is 4.51. The molecule has 4 heteroatoms. The Morgan fingerprint density at radius 1 is 1.47 bits per heavy atom. The lowest BCUT2D eigenvalue weighted by molar-refractivity contribution is 0.276. The molecule has 1 aromatic carbocycles. The van der Waals surface area contributed by atoms with Crippen LogP contribution in [0.25, 0.3) is 0 Å². The fraction of sp³-hybridized carbons (Fsp3) is 0.538. The molecule has 0 aliphatic heterocycles. The Hall–Kier alpha value is -0.220. The molecule has 0 fully saturated rings. The highest BCUT2D eigenvalue weighted by atomic mass is 35.5. The van der Waals surface area contributed by atoms with Crippen molar-refractivity contribution in [3.8, 4) is 0 Å². The van der Waals surface area contributed by atoms with E-state index in [0.717, 1.165) is 17.1 Å². The first kappa shape index (κ1) is 14.8. The first-order valence-corrected chi connectivity index (χ1v) is 7.37. The number of benzene rings is 1. The van der Waals surface area contributed by atoms with E-state index in [9.17, 15) is 5.11 Å². The maximum Gasteiger partial charge on any atom is 0.0564 e. The highest BCUT2D eigenvalue weighted by molar-refractivity contribution is 7.99. The van der Waals surface area contributed by atoms with Gasteiger partial charge in [0.05, 0.1) is 6.61 Å². The average molecular weight is 274 g/mol. The molecule has 2 nitrogen and oxygen atoms in total. The third-order valence-electron chi connectivity index (χ3n) is 2.86. The van der Waals surface area contributed by atoms with Crippen molar-refractivity contribution in [3.05, 3.63) is 34.3 Å². The number of hydrogen-bond acceptors (Lipinski definition) is 3. The van der Waals surface area contributed by atoms with Crippen LogP contribution in [0.2, 0.25) is 5.02 Å². The molecule has 0 bridgehead atoms. The molecular formula is C13H20ClNOS. The van der Waals surface area contributed by atoms with Crippen LogP contribution >= 0.6 is 23.4 Å². The standard InChI is InChI=1S/C13H20ClNOS/c1-9-4-5-11(12(14)6-9)7-15-10(2)13(8-16)17-3/h4-6,10,13,15-16H,7-8H2,1-3H3. The largest absolute Gasteiger partial charge is 0.395 e. The Labute approximate surface area is 113 Å². The molecule has 0 saturated carbocycles. The van der Waals surface area contributed by atoms with E-state index < -0.39 is 0 Å². The van der Waals surface area contributed by atoms with Crippen LogP contribution < -0.4 is 5.32 Å². The Morgan fingerprint density at radius 3 is 2.71 bits per heavy atom. The molecule has 17 heavy (non-hydrogen) atoms. The van der Waals surface area contributed by atoms with Crippen molar-refractivity contribution >= 4 is 23.4 Å². The first-order chi connectivity index (χ1) is 8.08. The van der Waals surface area contributed by atoms with Crippen molar-refractivity contribution in [1.82, 2.24) is 5.32 Å². The topological polar surface area (TPSA) is 32.3 Å².